The highest BCUT2D eigenvalue weighted by Gasteiger charge is 2.33. The van der Waals surface area contributed by atoms with Crippen LogP contribution in [0.4, 0.5) is 4.39 Å². The molecule has 3 nitrogen and oxygen atoms in total. The molecule has 0 saturated carbocycles. The zero-order valence-corrected chi connectivity index (χ0v) is 8.08. The Labute approximate surface area is 72.8 Å². The Bertz CT molecular complexity index is 185. The second kappa shape index (κ2) is 2.92. The molecule has 70 valence electrons. The van der Waals surface area contributed by atoms with Gasteiger partial charge in [0.25, 0.3) is 6.42 Å². The lowest BCUT2D eigenvalue weighted by Gasteiger charge is -2.34. The van der Waals surface area contributed by atoms with Crippen LogP contribution in [0, 0.1) is 0 Å². The minimum absolute atomic E-state index is 0.202. The van der Waals surface area contributed by atoms with Crippen LogP contribution >= 0.6 is 0 Å². The van der Waals surface area contributed by atoms with E-state index in [-0.39, 0.29) is 5.54 Å². The molecule has 1 atom stereocenters. The van der Waals surface area contributed by atoms with Gasteiger partial charge in [-0.1, -0.05) is 0 Å². The maximum absolute atomic E-state index is 13.5. The first-order chi connectivity index (χ1) is 5.46. The summed E-state index contributed by atoms with van der Waals surface area (Å²) in [5.41, 5.74) is -0.202. The first kappa shape index (κ1) is 9.29. The van der Waals surface area contributed by atoms with Crippen LogP contribution in [0.15, 0.2) is 5.10 Å². The van der Waals surface area contributed by atoms with Crippen molar-refractivity contribution < 1.29 is 4.39 Å². The predicted octanol–water partition coefficient (Wildman–Crippen LogP) is 1.62. The predicted molar refractivity (Wildman–Crippen MR) is 47.4 cm³/mol. The van der Waals surface area contributed by atoms with Crippen molar-refractivity contribution in [2.45, 2.75) is 39.7 Å². The molecular formula is C8H16FN3. The molecule has 4 heteroatoms. The third-order valence-electron chi connectivity index (χ3n) is 1.90. The Hall–Kier alpha value is -0.800. The molecule has 0 radical (unpaired) electrons. The van der Waals surface area contributed by atoms with Gasteiger partial charge in [0.1, 0.15) is 6.34 Å². The Balaban J connectivity index is 2.68. The molecule has 1 aliphatic heterocycles. The van der Waals surface area contributed by atoms with E-state index in [4.69, 9.17) is 0 Å². The molecule has 1 heterocycles. The second-order valence-electron chi connectivity index (χ2n) is 3.88. The van der Waals surface area contributed by atoms with Gasteiger partial charge in [0.15, 0.2) is 0 Å². The zero-order valence-electron chi connectivity index (χ0n) is 8.08. The number of rotatable bonds is 1. The molecule has 0 aromatic carbocycles. The summed E-state index contributed by atoms with van der Waals surface area (Å²) in [5, 5.41) is 5.36. The van der Waals surface area contributed by atoms with Crippen LogP contribution in [0.25, 0.3) is 0 Å². The van der Waals surface area contributed by atoms with Crippen LogP contribution in [-0.4, -0.2) is 34.8 Å². The molecule has 0 N–H and O–H groups in total. The standard InChI is InChI=1S/C8H16FN3/c1-5-12-7(9)11(6-10-12)8(2,3)4/h6-7H,5H2,1-4H3. The smallest absolute Gasteiger partial charge is 0.265 e. The summed E-state index contributed by atoms with van der Waals surface area (Å²) in [5.74, 6) is 0. The number of nitrogens with zero attached hydrogens (tertiary/aromatic N) is 3. The molecule has 1 unspecified atom stereocenters. The molecule has 0 spiro atoms. The molecule has 0 fully saturated rings. The van der Waals surface area contributed by atoms with Gasteiger partial charge in [0.2, 0.25) is 0 Å². The van der Waals surface area contributed by atoms with E-state index in [0.29, 0.717) is 6.54 Å². The van der Waals surface area contributed by atoms with Crippen molar-refractivity contribution in [3.8, 4) is 0 Å². The van der Waals surface area contributed by atoms with Crippen molar-refractivity contribution >= 4 is 6.34 Å². The molecule has 0 saturated heterocycles. The quantitative estimate of drug-likeness (QED) is 0.561. The maximum atomic E-state index is 13.5. The highest BCUT2D eigenvalue weighted by Crippen LogP contribution is 2.22. The summed E-state index contributed by atoms with van der Waals surface area (Å²) in [7, 11) is 0. The van der Waals surface area contributed by atoms with E-state index in [0.717, 1.165) is 0 Å². The van der Waals surface area contributed by atoms with Crippen molar-refractivity contribution in [2.24, 2.45) is 5.10 Å². The molecule has 1 rings (SSSR count). The molecule has 1 aliphatic rings. The van der Waals surface area contributed by atoms with Crippen LogP contribution in [0.2, 0.25) is 0 Å². The van der Waals surface area contributed by atoms with Crippen LogP contribution in [0.5, 0.6) is 0 Å². The molecule has 12 heavy (non-hydrogen) atoms. The van der Waals surface area contributed by atoms with E-state index < -0.39 is 6.42 Å². The average molecular weight is 173 g/mol. The number of alkyl halides is 1. The van der Waals surface area contributed by atoms with E-state index >= 15 is 0 Å². The first-order valence-electron chi connectivity index (χ1n) is 4.20. The average Bonchev–Trinajstić information content (AvgIpc) is 2.29. The summed E-state index contributed by atoms with van der Waals surface area (Å²) in [6.07, 6.45) is 0.462. The number of halogens is 1. The van der Waals surface area contributed by atoms with Gasteiger partial charge in [-0.25, -0.2) is 5.01 Å². The van der Waals surface area contributed by atoms with E-state index in [9.17, 15) is 4.39 Å². The fraction of sp³-hybridized carbons (Fsp3) is 0.875. The summed E-state index contributed by atoms with van der Waals surface area (Å²) >= 11 is 0. The molecule has 0 amide bonds. The lowest BCUT2D eigenvalue weighted by atomic mass is 10.1. The monoisotopic (exact) mass is 173 g/mol. The van der Waals surface area contributed by atoms with Crippen LogP contribution in [-0.2, 0) is 0 Å². The Kier molecular flexibility index (Phi) is 2.26. The van der Waals surface area contributed by atoms with Crippen molar-refractivity contribution in [3.63, 3.8) is 0 Å². The highest BCUT2D eigenvalue weighted by atomic mass is 19.1. The third kappa shape index (κ3) is 1.52. The summed E-state index contributed by atoms with van der Waals surface area (Å²) in [6.45, 7) is 8.38. The molecule has 0 aromatic heterocycles. The zero-order chi connectivity index (χ0) is 9.35. The number of hydrogen-bond acceptors (Lipinski definition) is 3. The summed E-state index contributed by atoms with van der Waals surface area (Å²) in [6, 6.07) is 0. The lowest BCUT2D eigenvalue weighted by molar-refractivity contribution is -0.0190. The normalized spacial score (nSPS) is 23.9. The van der Waals surface area contributed by atoms with Gasteiger partial charge in [0, 0.05) is 12.1 Å². The maximum Gasteiger partial charge on any atom is 0.265 e. The molecule has 0 aliphatic carbocycles. The van der Waals surface area contributed by atoms with Gasteiger partial charge in [-0.05, 0) is 27.7 Å². The van der Waals surface area contributed by atoms with E-state index in [1.165, 1.54) is 5.01 Å². The van der Waals surface area contributed by atoms with Crippen LogP contribution in [0.3, 0.4) is 0 Å². The van der Waals surface area contributed by atoms with Gasteiger partial charge >= 0.3 is 0 Å². The third-order valence-corrected chi connectivity index (χ3v) is 1.90. The number of hydrogen-bond donors (Lipinski definition) is 0. The molecule has 0 aromatic rings. The topological polar surface area (TPSA) is 18.8 Å². The van der Waals surface area contributed by atoms with Gasteiger partial charge < -0.3 is 4.90 Å². The van der Waals surface area contributed by atoms with Gasteiger partial charge in [-0.15, -0.1) is 0 Å². The molecule has 0 bridgehead atoms. The SMILES string of the molecule is CCN1N=CN(C(C)(C)C)C1F. The Morgan fingerprint density at radius 3 is 2.33 bits per heavy atom. The minimum Gasteiger partial charge on any atom is -0.308 e. The highest BCUT2D eigenvalue weighted by molar-refractivity contribution is 5.57. The first-order valence-corrected chi connectivity index (χ1v) is 4.20. The fourth-order valence-electron chi connectivity index (χ4n) is 1.10. The van der Waals surface area contributed by atoms with Crippen LogP contribution < -0.4 is 0 Å². The second-order valence-corrected chi connectivity index (χ2v) is 3.88. The number of hydrazone groups is 1. The largest absolute Gasteiger partial charge is 0.308 e. The van der Waals surface area contributed by atoms with E-state index in [1.54, 1.807) is 11.2 Å². The van der Waals surface area contributed by atoms with Crippen molar-refractivity contribution in [2.75, 3.05) is 6.54 Å². The van der Waals surface area contributed by atoms with E-state index in [2.05, 4.69) is 5.10 Å². The van der Waals surface area contributed by atoms with E-state index in [1.807, 2.05) is 27.7 Å². The lowest BCUT2D eigenvalue weighted by Crippen LogP contribution is -2.46. The Morgan fingerprint density at radius 2 is 2.08 bits per heavy atom. The van der Waals surface area contributed by atoms with Crippen molar-refractivity contribution in [1.82, 2.24) is 9.91 Å². The van der Waals surface area contributed by atoms with Crippen molar-refractivity contribution in [3.05, 3.63) is 0 Å². The van der Waals surface area contributed by atoms with Gasteiger partial charge in [-0.2, -0.15) is 9.49 Å². The summed E-state index contributed by atoms with van der Waals surface area (Å²) in [4.78, 5) is 1.61. The summed E-state index contributed by atoms with van der Waals surface area (Å²) < 4.78 is 13.5. The minimum atomic E-state index is -1.10. The molecular weight excluding hydrogens is 157 g/mol. The van der Waals surface area contributed by atoms with Crippen molar-refractivity contribution in [1.29, 1.82) is 0 Å². The Morgan fingerprint density at radius 1 is 1.50 bits per heavy atom. The van der Waals surface area contributed by atoms with Gasteiger partial charge in [0.05, 0.1) is 0 Å². The fourth-order valence-corrected chi connectivity index (χ4v) is 1.10. The van der Waals surface area contributed by atoms with Gasteiger partial charge in [-0.3, -0.25) is 0 Å². The van der Waals surface area contributed by atoms with Crippen LogP contribution in [0.1, 0.15) is 27.7 Å².